The van der Waals surface area contributed by atoms with Crippen LogP contribution in [0.4, 0.5) is 5.82 Å². The molecular weight excluding hydrogens is 262 g/mol. The molecule has 2 heterocycles. The zero-order chi connectivity index (χ0) is 14.7. The van der Waals surface area contributed by atoms with Crippen LogP contribution in [-0.4, -0.2) is 44.6 Å². The van der Waals surface area contributed by atoms with Crippen molar-refractivity contribution in [3.8, 4) is 6.07 Å². The number of aromatic nitrogens is 3. The maximum atomic E-state index is 10.2. The third-order valence-corrected chi connectivity index (χ3v) is 3.09. The summed E-state index contributed by atoms with van der Waals surface area (Å²) < 4.78 is 6.44. The maximum Gasteiger partial charge on any atom is 0.148 e. The van der Waals surface area contributed by atoms with Gasteiger partial charge in [-0.2, -0.15) is 5.26 Å². The number of nitrogens with zero attached hydrogens (tertiary/aromatic N) is 4. The van der Waals surface area contributed by atoms with Crippen LogP contribution in [0.3, 0.4) is 0 Å². The summed E-state index contributed by atoms with van der Waals surface area (Å²) in [5.74, 6) is 0.183. The van der Waals surface area contributed by atoms with Gasteiger partial charge in [-0.1, -0.05) is 0 Å². The average molecular weight is 277 g/mol. The Hall–Kier alpha value is -2.21. The molecule has 2 atom stereocenters. The number of aliphatic hydroxyl groups excluding tert-OH is 2. The van der Waals surface area contributed by atoms with E-state index in [1.807, 2.05) is 6.07 Å². The van der Waals surface area contributed by atoms with E-state index in [9.17, 15) is 5.11 Å². The van der Waals surface area contributed by atoms with Gasteiger partial charge >= 0.3 is 0 Å². The van der Waals surface area contributed by atoms with Crippen LogP contribution in [0.5, 0.6) is 0 Å². The molecule has 0 aromatic carbocycles. The lowest BCUT2D eigenvalue weighted by molar-refractivity contribution is -0.0111. The molecule has 0 spiro atoms. The Labute approximate surface area is 115 Å². The molecule has 0 radical (unpaired) electrons. The van der Waals surface area contributed by atoms with E-state index in [4.69, 9.17) is 20.8 Å². The number of hydrogen-bond donors (Lipinski definition) is 3. The van der Waals surface area contributed by atoms with Crippen LogP contribution in [-0.2, 0) is 4.74 Å². The normalized spacial score (nSPS) is 14.1. The van der Waals surface area contributed by atoms with Crippen molar-refractivity contribution in [1.29, 1.82) is 5.26 Å². The molecule has 0 fully saturated rings. The van der Waals surface area contributed by atoms with Gasteiger partial charge in [0.2, 0.25) is 0 Å². The number of hydrogen-bond acceptors (Lipinski definition) is 7. The number of nitriles is 1. The first-order valence-electron chi connectivity index (χ1n) is 5.95. The quantitative estimate of drug-likeness (QED) is 0.688. The van der Waals surface area contributed by atoms with Gasteiger partial charge in [0, 0.05) is 19.7 Å². The smallest absolute Gasteiger partial charge is 0.148 e. The van der Waals surface area contributed by atoms with Gasteiger partial charge in [-0.15, -0.1) is 0 Å². The van der Waals surface area contributed by atoms with Crippen LogP contribution in [0.2, 0.25) is 0 Å². The van der Waals surface area contributed by atoms with Crippen LogP contribution in [0.25, 0.3) is 11.0 Å². The highest BCUT2D eigenvalue weighted by Crippen LogP contribution is 2.26. The van der Waals surface area contributed by atoms with Crippen molar-refractivity contribution in [2.24, 2.45) is 0 Å². The third-order valence-electron chi connectivity index (χ3n) is 3.09. The van der Waals surface area contributed by atoms with Gasteiger partial charge in [-0.3, -0.25) is 0 Å². The van der Waals surface area contributed by atoms with Crippen molar-refractivity contribution < 1.29 is 14.9 Å². The first kappa shape index (κ1) is 14.2. The second kappa shape index (κ2) is 5.83. The second-order valence-corrected chi connectivity index (χ2v) is 4.28. The summed E-state index contributed by atoms with van der Waals surface area (Å²) in [7, 11) is 1.45. The first-order valence-corrected chi connectivity index (χ1v) is 5.95. The lowest BCUT2D eigenvalue weighted by Gasteiger charge is -2.18. The molecule has 2 aromatic rings. The number of ether oxygens (including phenoxy) is 1. The van der Waals surface area contributed by atoms with Crippen molar-refractivity contribution in [3.63, 3.8) is 0 Å². The van der Waals surface area contributed by atoms with E-state index in [2.05, 4.69) is 9.97 Å². The van der Waals surface area contributed by atoms with E-state index >= 15 is 0 Å². The molecular formula is C12H15N5O3. The summed E-state index contributed by atoms with van der Waals surface area (Å²) in [4.78, 5) is 7.89. The van der Waals surface area contributed by atoms with E-state index in [0.717, 1.165) is 0 Å². The lowest BCUT2D eigenvalue weighted by Crippen LogP contribution is -2.22. The maximum absolute atomic E-state index is 10.2. The standard InChI is InChI=1S/C12H15N5O3/c1-20-8(5-18)2-9(19)17-4-7(3-13)10-11(14)15-6-16-12(10)17/h4,6,8-9,18-19H,2,5H2,1H3,(H2,14,15,16). The molecule has 8 heteroatoms. The molecule has 0 aliphatic rings. The van der Waals surface area contributed by atoms with Crippen LogP contribution < -0.4 is 5.73 Å². The highest BCUT2D eigenvalue weighted by atomic mass is 16.5. The number of nitrogens with two attached hydrogens (primary N) is 1. The minimum Gasteiger partial charge on any atom is -0.394 e. The fourth-order valence-corrected chi connectivity index (χ4v) is 2.01. The molecule has 2 aromatic heterocycles. The molecule has 0 saturated heterocycles. The average Bonchev–Trinajstić information content (AvgIpc) is 2.84. The predicted octanol–water partition coefficient (Wildman–Crippen LogP) is -0.227. The molecule has 0 bridgehead atoms. The minimum atomic E-state index is -0.994. The molecule has 0 aliphatic carbocycles. The summed E-state index contributed by atoms with van der Waals surface area (Å²) in [6.07, 6.45) is 1.39. The fourth-order valence-electron chi connectivity index (χ4n) is 2.01. The molecule has 0 aliphatic heterocycles. The Morgan fingerprint density at radius 3 is 2.90 bits per heavy atom. The highest BCUT2D eigenvalue weighted by molar-refractivity contribution is 5.91. The van der Waals surface area contributed by atoms with Crippen LogP contribution in [0, 0.1) is 11.3 Å². The van der Waals surface area contributed by atoms with E-state index in [1.165, 1.54) is 24.2 Å². The predicted molar refractivity (Wildman–Crippen MR) is 70.4 cm³/mol. The molecule has 20 heavy (non-hydrogen) atoms. The summed E-state index contributed by atoms with van der Waals surface area (Å²) in [5.41, 5.74) is 6.39. The Morgan fingerprint density at radius 1 is 1.55 bits per heavy atom. The van der Waals surface area contributed by atoms with Gasteiger partial charge in [-0.05, 0) is 0 Å². The Bertz CT molecular complexity index is 644. The van der Waals surface area contributed by atoms with Gasteiger partial charge in [0.25, 0.3) is 0 Å². The van der Waals surface area contributed by atoms with Gasteiger partial charge < -0.3 is 25.3 Å². The molecule has 2 rings (SSSR count). The van der Waals surface area contributed by atoms with E-state index in [0.29, 0.717) is 11.0 Å². The third kappa shape index (κ3) is 2.42. The molecule has 0 amide bonds. The molecule has 106 valence electrons. The minimum absolute atomic E-state index is 0.158. The molecule has 8 nitrogen and oxygen atoms in total. The van der Waals surface area contributed by atoms with Crippen LogP contribution in [0.15, 0.2) is 12.5 Å². The van der Waals surface area contributed by atoms with E-state index in [-0.39, 0.29) is 24.4 Å². The second-order valence-electron chi connectivity index (χ2n) is 4.28. The van der Waals surface area contributed by atoms with Gasteiger partial charge in [0.1, 0.15) is 30.1 Å². The number of anilines is 1. The number of fused-ring (bicyclic) bond motifs is 1. The summed E-state index contributed by atoms with van der Waals surface area (Å²) in [6, 6.07) is 1.99. The van der Waals surface area contributed by atoms with E-state index < -0.39 is 12.3 Å². The Kier molecular flexibility index (Phi) is 4.14. The van der Waals surface area contributed by atoms with Crippen molar-refractivity contribution in [3.05, 3.63) is 18.1 Å². The number of aliphatic hydroxyl groups is 2. The molecule has 2 unspecified atom stereocenters. The van der Waals surface area contributed by atoms with Crippen molar-refractivity contribution in [1.82, 2.24) is 14.5 Å². The van der Waals surface area contributed by atoms with Gasteiger partial charge in [0.05, 0.1) is 23.7 Å². The Morgan fingerprint density at radius 2 is 2.30 bits per heavy atom. The van der Waals surface area contributed by atoms with Gasteiger partial charge in [-0.25, -0.2) is 9.97 Å². The Balaban J connectivity index is 2.45. The summed E-state index contributed by atoms with van der Waals surface area (Å²) in [5, 5.41) is 28.8. The molecule has 0 saturated carbocycles. The summed E-state index contributed by atoms with van der Waals surface area (Å²) >= 11 is 0. The van der Waals surface area contributed by atoms with Gasteiger partial charge in [0.15, 0.2) is 0 Å². The first-order chi connectivity index (χ1) is 9.62. The van der Waals surface area contributed by atoms with Crippen molar-refractivity contribution >= 4 is 16.9 Å². The van der Waals surface area contributed by atoms with E-state index in [1.54, 1.807) is 0 Å². The zero-order valence-electron chi connectivity index (χ0n) is 10.9. The monoisotopic (exact) mass is 277 g/mol. The van der Waals surface area contributed by atoms with Crippen molar-refractivity contribution in [2.45, 2.75) is 18.8 Å². The topological polar surface area (TPSA) is 130 Å². The number of methoxy groups -OCH3 is 1. The van der Waals surface area contributed by atoms with Crippen LogP contribution >= 0.6 is 0 Å². The number of rotatable bonds is 5. The highest BCUT2D eigenvalue weighted by Gasteiger charge is 2.20. The SMILES string of the molecule is COC(CO)CC(O)n1cc(C#N)c2c(N)ncnc21. The lowest BCUT2D eigenvalue weighted by atomic mass is 10.2. The zero-order valence-corrected chi connectivity index (χ0v) is 10.9. The number of nitrogen functional groups attached to an aromatic ring is 1. The van der Waals surface area contributed by atoms with Crippen LogP contribution in [0.1, 0.15) is 18.2 Å². The van der Waals surface area contributed by atoms with Crippen molar-refractivity contribution in [2.75, 3.05) is 19.5 Å². The molecule has 4 N–H and O–H groups in total. The fraction of sp³-hybridized carbons (Fsp3) is 0.417. The largest absolute Gasteiger partial charge is 0.394 e. The summed E-state index contributed by atoms with van der Waals surface area (Å²) in [6.45, 7) is -0.213.